The van der Waals surface area contributed by atoms with Crippen LogP contribution in [0, 0.1) is 0 Å². The van der Waals surface area contributed by atoms with E-state index < -0.39 is 17.9 Å². The number of fused-ring (bicyclic) bond motifs is 2. The number of hydrogen-bond donors (Lipinski definition) is 1. The number of nitrogens with one attached hydrogen (secondary N) is 1. The second-order valence-electron chi connectivity index (χ2n) is 7.26. The molecule has 31 heavy (non-hydrogen) atoms. The van der Waals surface area contributed by atoms with Gasteiger partial charge >= 0.3 is 6.18 Å². The topological polar surface area (TPSA) is 74.8 Å². The number of nitrogens with zero attached hydrogens (tertiary/aromatic N) is 4. The second-order valence-corrected chi connectivity index (χ2v) is 8.21. The summed E-state index contributed by atoms with van der Waals surface area (Å²) in [4.78, 5) is 30.5. The number of hydrogen-bond acceptors (Lipinski definition) is 5. The average Bonchev–Trinajstić information content (AvgIpc) is 3.42. The fraction of sp³-hybridized carbons (Fsp3) is 0.238. The summed E-state index contributed by atoms with van der Waals surface area (Å²) in [6, 6.07) is 9.18. The predicted octanol–water partition coefficient (Wildman–Crippen LogP) is 4.15. The number of thiazole rings is 1. The van der Waals surface area contributed by atoms with Crippen LogP contribution >= 0.6 is 11.3 Å². The fourth-order valence-electron chi connectivity index (χ4n) is 3.85. The Morgan fingerprint density at radius 1 is 1.23 bits per heavy atom. The van der Waals surface area contributed by atoms with Gasteiger partial charge in [-0.2, -0.15) is 13.2 Å². The molecule has 1 atom stereocenters. The lowest BCUT2D eigenvalue weighted by molar-refractivity contribution is -0.141. The largest absolute Gasteiger partial charge is 0.434 e. The van der Waals surface area contributed by atoms with Crippen molar-refractivity contribution < 1.29 is 18.0 Å². The highest BCUT2D eigenvalue weighted by molar-refractivity contribution is 7.09. The molecular weight excluding hydrogens is 427 g/mol. The van der Waals surface area contributed by atoms with Crippen LogP contribution in [0.15, 0.2) is 48.2 Å². The van der Waals surface area contributed by atoms with Gasteiger partial charge in [0.05, 0.1) is 24.1 Å². The number of alkyl halides is 3. The number of benzene rings is 1. The molecule has 1 aliphatic rings. The van der Waals surface area contributed by atoms with Crippen molar-refractivity contribution >= 4 is 28.0 Å². The van der Waals surface area contributed by atoms with Crippen molar-refractivity contribution in [2.45, 2.75) is 25.1 Å². The van der Waals surface area contributed by atoms with E-state index in [4.69, 9.17) is 0 Å². The molecule has 0 saturated carbocycles. The molecule has 6 nitrogen and oxygen atoms in total. The van der Waals surface area contributed by atoms with E-state index in [1.807, 2.05) is 30.3 Å². The number of carbonyl (C=O) groups is 1. The van der Waals surface area contributed by atoms with Crippen LogP contribution in [-0.4, -0.2) is 37.3 Å². The molecule has 0 spiro atoms. The smallest absolute Gasteiger partial charge is 0.348 e. The Bertz CT molecular complexity index is 1270. The minimum Gasteiger partial charge on any atom is -0.348 e. The van der Waals surface area contributed by atoms with Gasteiger partial charge < -0.3 is 9.88 Å². The molecule has 4 heterocycles. The van der Waals surface area contributed by atoms with Crippen molar-refractivity contribution in [3.63, 3.8) is 0 Å². The average molecular weight is 443 g/mol. The normalized spacial score (nSPS) is 16.5. The summed E-state index contributed by atoms with van der Waals surface area (Å²) in [6.45, 7) is 0.407. The summed E-state index contributed by atoms with van der Waals surface area (Å²) >= 11 is 0.839. The van der Waals surface area contributed by atoms with Gasteiger partial charge in [-0.3, -0.25) is 9.78 Å². The minimum atomic E-state index is -4.52. The number of halogens is 3. The lowest BCUT2D eigenvalue weighted by atomic mass is 9.97. The van der Waals surface area contributed by atoms with E-state index >= 15 is 0 Å². The van der Waals surface area contributed by atoms with Gasteiger partial charge in [-0.1, -0.05) is 24.3 Å². The van der Waals surface area contributed by atoms with Crippen LogP contribution in [0.2, 0.25) is 0 Å². The number of carbonyl (C=O) groups excluding carboxylic acids is 1. The molecule has 1 amide bonds. The van der Waals surface area contributed by atoms with E-state index in [0.29, 0.717) is 24.4 Å². The molecular formula is C21H16F3N5OS. The predicted molar refractivity (Wildman–Crippen MR) is 108 cm³/mol. The van der Waals surface area contributed by atoms with E-state index in [9.17, 15) is 18.0 Å². The van der Waals surface area contributed by atoms with Crippen LogP contribution in [-0.2, 0) is 23.8 Å². The van der Waals surface area contributed by atoms with Crippen molar-refractivity contribution in [2.24, 2.45) is 0 Å². The Morgan fingerprint density at radius 2 is 2.03 bits per heavy atom. The van der Waals surface area contributed by atoms with E-state index in [1.54, 1.807) is 17.4 Å². The standard InChI is InChI=1S/C21H16F3N5OS/c22-21(23,24)16-10-31-17(28-16)8-18(30)29-6-5-14-19(27-11-26-14)20(29)15-7-12-3-1-2-4-13(12)9-25-15/h1-4,7,9-11,20H,5-6,8H2,(H,26,27)/t20-/m1/s1. The van der Waals surface area contributed by atoms with Crippen LogP contribution in [0.5, 0.6) is 0 Å². The second kappa shape index (κ2) is 7.45. The van der Waals surface area contributed by atoms with Crippen molar-refractivity contribution in [1.29, 1.82) is 0 Å². The Labute approximate surface area is 178 Å². The summed E-state index contributed by atoms with van der Waals surface area (Å²) in [5, 5.41) is 3.03. The minimum absolute atomic E-state index is 0.135. The van der Waals surface area contributed by atoms with Gasteiger partial charge in [0.15, 0.2) is 5.69 Å². The molecule has 1 aromatic carbocycles. The number of imidazole rings is 1. The molecule has 0 aliphatic carbocycles. The highest BCUT2D eigenvalue weighted by atomic mass is 32.1. The third kappa shape index (κ3) is 3.67. The summed E-state index contributed by atoms with van der Waals surface area (Å²) in [6.07, 6.45) is -0.806. The molecule has 0 bridgehead atoms. The lowest BCUT2D eigenvalue weighted by Gasteiger charge is -2.34. The van der Waals surface area contributed by atoms with Gasteiger partial charge in [-0.05, 0) is 11.5 Å². The Kier molecular flexibility index (Phi) is 4.73. The molecule has 10 heteroatoms. The fourth-order valence-corrected chi connectivity index (χ4v) is 4.64. The molecule has 0 fully saturated rings. The first-order valence-corrected chi connectivity index (χ1v) is 10.5. The number of pyridine rings is 1. The Balaban J connectivity index is 1.49. The van der Waals surface area contributed by atoms with Crippen molar-refractivity contribution in [1.82, 2.24) is 24.8 Å². The van der Waals surface area contributed by atoms with E-state index in [1.165, 1.54) is 0 Å². The highest BCUT2D eigenvalue weighted by Crippen LogP contribution is 2.35. The molecule has 0 radical (unpaired) electrons. The van der Waals surface area contributed by atoms with Crippen LogP contribution in [0.1, 0.15) is 33.8 Å². The van der Waals surface area contributed by atoms with Crippen molar-refractivity contribution in [2.75, 3.05) is 6.54 Å². The quantitative estimate of drug-likeness (QED) is 0.516. The number of aromatic nitrogens is 4. The van der Waals surface area contributed by atoms with Gasteiger partial charge in [0.1, 0.15) is 11.0 Å². The summed E-state index contributed by atoms with van der Waals surface area (Å²) in [5.41, 5.74) is 1.33. The summed E-state index contributed by atoms with van der Waals surface area (Å²) < 4.78 is 38.6. The molecule has 4 aromatic rings. The van der Waals surface area contributed by atoms with Gasteiger partial charge in [0.2, 0.25) is 5.91 Å². The van der Waals surface area contributed by atoms with Gasteiger partial charge in [-0.25, -0.2) is 9.97 Å². The number of aromatic amines is 1. The van der Waals surface area contributed by atoms with E-state index in [2.05, 4.69) is 19.9 Å². The van der Waals surface area contributed by atoms with Crippen LogP contribution in [0.4, 0.5) is 13.2 Å². The summed E-state index contributed by atoms with van der Waals surface area (Å²) in [5.74, 6) is -0.309. The van der Waals surface area contributed by atoms with E-state index in [-0.39, 0.29) is 17.3 Å². The zero-order valence-corrected chi connectivity index (χ0v) is 16.9. The maximum Gasteiger partial charge on any atom is 0.434 e. The van der Waals surface area contributed by atoms with Crippen molar-refractivity contribution in [3.05, 3.63) is 76.0 Å². The first-order valence-electron chi connectivity index (χ1n) is 9.58. The Morgan fingerprint density at radius 3 is 2.81 bits per heavy atom. The van der Waals surface area contributed by atoms with Gasteiger partial charge in [0.25, 0.3) is 0 Å². The monoisotopic (exact) mass is 443 g/mol. The Hall–Kier alpha value is -3.27. The number of rotatable bonds is 3. The molecule has 3 aromatic heterocycles. The molecule has 5 rings (SSSR count). The van der Waals surface area contributed by atoms with Crippen LogP contribution in [0.3, 0.4) is 0 Å². The van der Waals surface area contributed by atoms with Gasteiger partial charge in [0, 0.05) is 35.6 Å². The maximum absolute atomic E-state index is 13.2. The van der Waals surface area contributed by atoms with Crippen LogP contribution < -0.4 is 0 Å². The zero-order valence-electron chi connectivity index (χ0n) is 16.1. The first kappa shape index (κ1) is 19.7. The summed E-state index contributed by atoms with van der Waals surface area (Å²) in [7, 11) is 0. The zero-order chi connectivity index (χ0) is 21.6. The third-order valence-electron chi connectivity index (χ3n) is 5.32. The SMILES string of the molecule is O=C(Cc1nc(C(F)(F)F)cs1)N1CCc2[nH]cnc2[C@H]1c1cc2ccccc2cn1. The molecule has 158 valence electrons. The third-order valence-corrected chi connectivity index (χ3v) is 6.17. The molecule has 0 saturated heterocycles. The number of H-pyrrole nitrogens is 1. The molecule has 0 unspecified atom stereocenters. The maximum atomic E-state index is 13.2. The van der Waals surface area contributed by atoms with Crippen molar-refractivity contribution in [3.8, 4) is 0 Å². The van der Waals surface area contributed by atoms with E-state index in [0.717, 1.165) is 33.2 Å². The highest BCUT2D eigenvalue weighted by Gasteiger charge is 2.37. The number of amides is 1. The van der Waals surface area contributed by atoms with Crippen LogP contribution in [0.25, 0.3) is 10.8 Å². The molecule has 1 N–H and O–H groups in total. The molecule has 1 aliphatic heterocycles. The van der Waals surface area contributed by atoms with Gasteiger partial charge in [-0.15, -0.1) is 11.3 Å². The lowest BCUT2D eigenvalue weighted by Crippen LogP contribution is -2.41. The first-order chi connectivity index (χ1) is 14.9.